The van der Waals surface area contributed by atoms with Crippen LogP contribution in [0.5, 0.6) is 17.2 Å². The van der Waals surface area contributed by atoms with Crippen LogP contribution in [-0.2, 0) is 11.3 Å². The second-order valence-electron chi connectivity index (χ2n) is 7.67. The third kappa shape index (κ3) is 3.50. The molecule has 174 valence electrons. The molecular weight excluding hydrogens is 520 g/mol. The first-order valence-corrected chi connectivity index (χ1v) is 11.1. The van der Waals surface area contributed by atoms with E-state index < -0.39 is 23.1 Å². The van der Waals surface area contributed by atoms with Gasteiger partial charge in [-0.3, -0.25) is 19.7 Å². The standard InChI is InChI=1S/C21H20BrClN4O6/c1-8-5-10(28)14(9(2)24-7-13-25-20(22)27-26-13)18(29)21(8)19(30)15-11(31-3)6-12(32-4)16(23)17(15)33-21/h6,8,29H,5,7H2,1-4H3,(H,25,26,27)/t8-,21+/m1/s1. The van der Waals surface area contributed by atoms with Crippen molar-refractivity contribution in [2.45, 2.75) is 32.4 Å². The number of nitrogens with zero attached hydrogens (tertiary/aromatic N) is 3. The zero-order valence-corrected chi connectivity index (χ0v) is 20.5. The van der Waals surface area contributed by atoms with Crippen LogP contribution < -0.4 is 14.2 Å². The number of Topliss-reactive ketones (excluding diaryl/α,β-unsaturated/α-hetero) is 2. The topological polar surface area (TPSA) is 136 Å². The van der Waals surface area contributed by atoms with Gasteiger partial charge in [-0.1, -0.05) is 18.5 Å². The molecule has 2 aliphatic rings. The quantitative estimate of drug-likeness (QED) is 0.550. The minimum absolute atomic E-state index is 0.0334. The van der Waals surface area contributed by atoms with Gasteiger partial charge in [-0.2, -0.15) is 0 Å². The van der Waals surface area contributed by atoms with Gasteiger partial charge in [-0.25, -0.2) is 4.98 Å². The lowest BCUT2D eigenvalue weighted by atomic mass is 9.72. The summed E-state index contributed by atoms with van der Waals surface area (Å²) in [5.74, 6) is -1.18. The van der Waals surface area contributed by atoms with Crippen LogP contribution in [0.2, 0.25) is 5.02 Å². The Bertz CT molecular complexity index is 1240. The molecule has 0 radical (unpaired) electrons. The monoisotopic (exact) mass is 538 g/mol. The van der Waals surface area contributed by atoms with E-state index in [1.165, 1.54) is 20.3 Å². The van der Waals surface area contributed by atoms with Gasteiger partial charge in [-0.15, -0.1) is 5.10 Å². The molecule has 0 unspecified atom stereocenters. The Hall–Kier alpha value is -2.92. The Labute approximate surface area is 202 Å². The number of rotatable bonds is 5. The van der Waals surface area contributed by atoms with Gasteiger partial charge in [-0.05, 0) is 22.9 Å². The van der Waals surface area contributed by atoms with E-state index in [0.29, 0.717) is 10.6 Å². The average Bonchev–Trinajstić information content (AvgIpc) is 3.33. The molecule has 0 amide bonds. The van der Waals surface area contributed by atoms with Crippen LogP contribution >= 0.6 is 27.5 Å². The number of halogens is 2. The third-order valence-electron chi connectivity index (χ3n) is 5.80. The number of aliphatic imine (C=N–C) groups is 1. The molecule has 0 bridgehead atoms. The van der Waals surface area contributed by atoms with Crippen molar-refractivity contribution in [3.63, 3.8) is 0 Å². The minimum atomic E-state index is -1.85. The minimum Gasteiger partial charge on any atom is -0.507 e. The van der Waals surface area contributed by atoms with Crippen molar-refractivity contribution < 1.29 is 28.9 Å². The predicted molar refractivity (Wildman–Crippen MR) is 122 cm³/mol. The number of fused-ring (bicyclic) bond motifs is 1. The van der Waals surface area contributed by atoms with E-state index in [1.807, 2.05) is 0 Å². The summed E-state index contributed by atoms with van der Waals surface area (Å²) < 4.78 is 17.1. The van der Waals surface area contributed by atoms with Crippen LogP contribution in [0.1, 0.15) is 36.5 Å². The van der Waals surface area contributed by atoms with Crippen LogP contribution in [0.15, 0.2) is 27.1 Å². The van der Waals surface area contributed by atoms with E-state index in [1.54, 1.807) is 13.8 Å². The summed E-state index contributed by atoms with van der Waals surface area (Å²) >= 11 is 9.57. The number of nitrogens with one attached hydrogen (secondary N) is 1. The summed E-state index contributed by atoms with van der Waals surface area (Å²) in [6.07, 6.45) is -0.0447. The summed E-state index contributed by atoms with van der Waals surface area (Å²) in [6, 6.07) is 1.48. The molecule has 1 aromatic heterocycles. The number of benzene rings is 1. The Morgan fingerprint density at radius 2 is 2.09 bits per heavy atom. The highest BCUT2D eigenvalue weighted by Crippen LogP contribution is 2.54. The third-order valence-corrected chi connectivity index (χ3v) is 6.52. The fraction of sp³-hybridized carbons (Fsp3) is 0.381. The lowest BCUT2D eigenvalue weighted by molar-refractivity contribution is -0.118. The van der Waals surface area contributed by atoms with E-state index >= 15 is 0 Å². The van der Waals surface area contributed by atoms with Crippen LogP contribution in [0.25, 0.3) is 0 Å². The number of ketones is 2. The second-order valence-corrected chi connectivity index (χ2v) is 8.76. The molecule has 1 aliphatic carbocycles. The van der Waals surface area contributed by atoms with Crippen LogP contribution in [0.3, 0.4) is 0 Å². The van der Waals surface area contributed by atoms with Gasteiger partial charge in [0, 0.05) is 24.1 Å². The number of aliphatic hydroxyl groups is 1. The van der Waals surface area contributed by atoms with Crippen molar-refractivity contribution in [2.24, 2.45) is 10.9 Å². The van der Waals surface area contributed by atoms with E-state index in [9.17, 15) is 14.7 Å². The van der Waals surface area contributed by atoms with E-state index in [4.69, 9.17) is 25.8 Å². The fourth-order valence-corrected chi connectivity index (χ4v) is 4.71. The van der Waals surface area contributed by atoms with Crippen LogP contribution in [0, 0.1) is 5.92 Å². The van der Waals surface area contributed by atoms with Gasteiger partial charge < -0.3 is 19.3 Å². The van der Waals surface area contributed by atoms with Gasteiger partial charge >= 0.3 is 0 Å². The van der Waals surface area contributed by atoms with Crippen molar-refractivity contribution >= 4 is 44.8 Å². The van der Waals surface area contributed by atoms with Gasteiger partial charge in [0.15, 0.2) is 17.3 Å². The number of H-pyrrole nitrogens is 1. The molecule has 2 atom stereocenters. The smallest absolute Gasteiger partial charge is 0.231 e. The maximum Gasteiger partial charge on any atom is 0.231 e. The van der Waals surface area contributed by atoms with Crippen molar-refractivity contribution in [2.75, 3.05) is 14.2 Å². The molecule has 0 saturated heterocycles. The highest BCUT2D eigenvalue weighted by molar-refractivity contribution is 9.10. The summed E-state index contributed by atoms with van der Waals surface area (Å²) in [7, 11) is 2.82. The van der Waals surface area contributed by atoms with Gasteiger partial charge in [0.25, 0.3) is 0 Å². The molecule has 2 heterocycles. The van der Waals surface area contributed by atoms with Crippen molar-refractivity contribution in [1.82, 2.24) is 15.2 Å². The molecule has 33 heavy (non-hydrogen) atoms. The first-order valence-electron chi connectivity index (χ1n) is 9.89. The predicted octanol–water partition coefficient (Wildman–Crippen LogP) is 3.63. The summed E-state index contributed by atoms with van der Waals surface area (Å²) in [6.45, 7) is 3.31. The largest absolute Gasteiger partial charge is 0.507 e. The Morgan fingerprint density at radius 1 is 1.39 bits per heavy atom. The van der Waals surface area contributed by atoms with Crippen molar-refractivity contribution in [3.8, 4) is 17.2 Å². The SMILES string of the molecule is COc1cc(OC)c2c(c1Cl)O[C@]1(C2=O)C(O)=C(C(C)=NCc2nc(Br)n[nH]2)C(=O)C[C@H]1C. The summed E-state index contributed by atoms with van der Waals surface area (Å²) in [5, 5.41) is 17.9. The van der Waals surface area contributed by atoms with E-state index in [2.05, 4.69) is 36.1 Å². The number of hydrogen-bond acceptors (Lipinski definition) is 9. The lowest BCUT2D eigenvalue weighted by Crippen LogP contribution is -2.53. The lowest BCUT2D eigenvalue weighted by Gasteiger charge is -2.37. The second kappa shape index (κ2) is 8.45. The number of carbonyl (C=O) groups excluding carboxylic acids is 2. The fourth-order valence-electron chi connectivity index (χ4n) is 4.15. The zero-order chi connectivity index (χ0) is 24.1. The molecular formula is C21H20BrClN4O6. The van der Waals surface area contributed by atoms with Crippen molar-refractivity contribution in [3.05, 3.63) is 38.5 Å². The molecule has 2 aromatic rings. The highest BCUT2D eigenvalue weighted by Gasteiger charge is 2.61. The molecule has 10 nitrogen and oxygen atoms in total. The summed E-state index contributed by atoms with van der Waals surface area (Å²) in [4.78, 5) is 35.1. The molecule has 1 spiro atoms. The normalized spacial score (nSPS) is 22.6. The van der Waals surface area contributed by atoms with Crippen LogP contribution in [0.4, 0.5) is 0 Å². The number of allylic oxidation sites excluding steroid dienone is 1. The zero-order valence-electron chi connectivity index (χ0n) is 18.2. The van der Waals surface area contributed by atoms with Crippen molar-refractivity contribution in [1.29, 1.82) is 0 Å². The molecule has 2 N–H and O–H groups in total. The van der Waals surface area contributed by atoms with Crippen LogP contribution in [-0.4, -0.2) is 57.4 Å². The molecule has 0 fully saturated rings. The first-order chi connectivity index (χ1) is 15.6. The number of ether oxygens (including phenoxy) is 3. The number of hydrogen-bond donors (Lipinski definition) is 2. The number of aliphatic hydroxyl groups excluding tert-OH is 1. The van der Waals surface area contributed by atoms with E-state index in [-0.39, 0.29) is 57.9 Å². The van der Waals surface area contributed by atoms with E-state index in [0.717, 1.165) is 0 Å². The number of aromatic amines is 1. The summed E-state index contributed by atoms with van der Waals surface area (Å²) in [5.41, 5.74) is -1.60. The Kier molecular flexibility index (Phi) is 5.95. The van der Waals surface area contributed by atoms with Gasteiger partial charge in [0.2, 0.25) is 16.1 Å². The first kappa shape index (κ1) is 23.2. The number of aromatic nitrogens is 3. The molecule has 0 saturated carbocycles. The highest BCUT2D eigenvalue weighted by atomic mass is 79.9. The van der Waals surface area contributed by atoms with Gasteiger partial charge in [0.05, 0.1) is 26.3 Å². The Balaban J connectivity index is 1.84. The molecule has 4 rings (SSSR count). The number of carbonyl (C=O) groups is 2. The Morgan fingerprint density at radius 3 is 2.70 bits per heavy atom. The average molecular weight is 540 g/mol. The molecule has 1 aromatic carbocycles. The van der Waals surface area contributed by atoms with Gasteiger partial charge in [0.1, 0.15) is 27.9 Å². The molecule has 1 aliphatic heterocycles. The number of methoxy groups -OCH3 is 2. The maximum atomic E-state index is 13.7. The maximum absolute atomic E-state index is 13.7. The molecule has 12 heteroatoms.